The van der Waals surface area contributed by atoms with E-state index in [9.17, 15) is 0 Å². The van der Waals surface area contributed by atoms with Gasteiger partial charge in [0, 0.05) is 17.3 Å². The van der Waals surface area contributed by atoms with E-state index in [1.807, 2.05) is 37.3 Å². The highest BCUT2D eigenvalue weighted by Crippen LogP contribution is 2.35. The van der Waals surface area contributed by atoms with Crippen LogP contribution in [0.1, 0.15) is 23.6 Å². The summed E-state index contributed by atoms with van der Waals surface area (Å²) >= 11 is 8.37. The lowest BCUT2D eigenvalue weighted by Crippen LogP contribution is -2.05. The van der Waals surface area contributed by atoms with Crippen molar-refractivity contribution in [3.8, 4) is 11.5 Å². The molecule has 146 valence electrons. The Morgan fingerprint density at radius 1 is 0.964 bits per heavy atom. The zero-order valence-corrected chi connectivity index (χ0v) is 18.9. The van der Waals surface area contributed by atoms with Gasteiger partial charge in [0.1, 0.15) is 6.61 Å². The van der Waals surface area contributed by atoms with Crippen LogP contribution in [0.25, 0.3) is 0 Å². The molecule has 0 aliphatic rings. The van der Waals surface area contributed by atoms with E-state index < -0.39 is 0 Å². The smallest absolute Gasteiger partial charge is 0.174 e. The summed E-state index contributed by atoms with van der Waals surface area (Å²) < 4.78 is 13.0. The second-order valence-electron chi connectivity index (χ2n) is 6.48. The third-order valence-corrected chi connectivity index (χ3v) is 5.23. The van der Waals surface area contributed by atoms with Gasteiger partial charge in [0.25, 0.3) is 0 Å². The first-order valence-corrected chi connectivity index (χ1v) is 10.6. The molecule has 3 aromatic rings. The van der Waals surface area contributed by atoms with E-state index in [1.165, 1.54) is 5.56 Å². The van der Waals surface area contributed by atoms with Crippen LogP contribution in [0, 0.1) is 10.5 Å². The van der Waals surface area contributed by atoms with Crippen molar-refractivity contribution < 1.29 is 9.47 Å². The number of ether oxygens (including phenoxy) is 2. The lowest BCUT2D eigenvalue weighted by Gasteiger charge is -2.16. The molecule has 3 nitrogen and oxygen atoms in total. The van der Waals surface area contributed by atoms with E-state index >= 15 is 0 Å². The van der Waals surface area contributed by atoms with Crippen LogP contribution in [0.4, 0.5) is 5.69 Å². The summed E-state index contributed by atoms with van der Waals surface area (Å²) in [6, 6.07) is 20.2. The summed E-state index contributed by atoms with van der Waals surface area (Å²) in [7, 11) is 0. The van der Waals surface area contributed by atoms with Crippen LogP contribution in [0.3, 0.4) is 0 Å². The average Bonchev–Trinajstić information content (AvgIpc) is 2.67. The molecule has 0 atom stereocenters. The van der Waals surface area contributed by atoms with Gasteiger partial charge < -0.3 is 14.8 Å². The molecule has 0 heterocycles. The number of aryl methyl sites for hydroxylation is 1. The fraction of sp³-hybridized carbons (Fsp3) is 0.217. The SMILES string of the molecule is CCOc1cc(CNc2ccc(C)cc2)cc(I)c1OCc1cccc(Cl)c1. The first kappa shape index (κ1) is 20.8. The summed E-state index contributed by atoms with van der Waals surface area (Å²) in [5.74, 6) is 1.53. The van der Waals surface area contributed by atoms with Crippen LogP contribution in [-0.4, -0.2) is 6.61 Å². The van der Waals surface area contributed by atoms with Crippen LogP contribution in [-0.2, 0) is 13.2 Å². The van der Waals surface area contributed by atoms with E-state index in [1.54, 1.807) is 0 Å². The number of nitrogens with one attached hydrogen (secondary N) is 1. The van der Waals surface area contributed by atoms with Crippen molar-refractivity contribution in [3.63, 3.8) is 0 Å². The molecule has 0 spiro atoms. The van der Waals surface area contributed by atoms with E-state index in [4.69, 9.17) is 21.1 Å². The maximum absolute atomic E-state index is 6.08. The summed E-state index contributed by atoms with van der Waals surface area (Å²) in [5, 5.41) is 4.16. The monoisotopic (exact) mass is 507 g/mol. The first-order chi connectivity index (χ1) is 13.5. The molecule has 0 radical (unpaired) electrons. The summed E-state index contributed by atoms with van der Waals surface area (Å²) in [6.07, 6.45) is 0. The minimum absolute atomic E-state index is 0.442. The minimum atomic E-state index is 0.442. The van der Waals surface area contributed by atoms with E-state index in [-0.39, 0.29) is 0 Å². The van der Waals surface area contributed by atoms with Crippen molar-refractivity contribution in [2.24, 2.45) is 0 Å². The molecule has 0 bridgehead atoms. The van der Waals surface area contributed by atoms with Gasteiger partial charge >= 0.3 is 0 Å². The number of hydrogen-bond acceptors (Lipinski definition) is 3. The molecular formula is C23H23ClINO2. The second kappa shape index (κ2) is 10.0. The quantitative estimate of drug-likeness (QED) is 0.339. The molecule has 0 amide bonds. The van der Waals surface area contributed by atoms with Gasteiger partial charge in [-0.1, -0.05) is 41.4 Å². The molecular weight excluding hydrogens is 485 g/mol. The van der Waals surface area contributed by atoms with Crippen LogP contribution < -0.4 is 14.8 Å². The van der Waals surface area contributed by atoms with Crippen LogP contribution >= 0.6 is 34.2 Å². The van der Waals surface area contributed by atoms with Crippen LogP contribution in [0.5, 0.6) is 11.5 Å². The van der Waals surface area contributed by atoms with Gasteiger partial charge in [0.15, 0.2) is 11.5 Å². The van der Waals surface area contributed by atoms with Gasteiger partial charge in [-0.3, -0.25) is 0 Å². The predicted octanol–water partition coefficient (Wildman–Crippen LogP) is 6.84. The normalized spacial score (nSPS) is 10.6. The Labute approximate surface area is 185 Å². The standard InChI is InChI=1S/C23H23ClINO2/c1-3-27-22-13-18(14-26-20-9-7-16(2)8-10-20)12-21(25)23(22)28-15-17-5-4-6-19(24)11-17/h4-13,26H,3,14-15H2,1-2H3. The molecule has 0 saturated heterocycles. The van der Waals surface area contributed by atoms with Gasteiger partial charge in [-0.2, -0.15) is 0 Å². The number of hydrogen-bond donors (Lipinski definition) is 1. The Bertz CT molecular complexity index is 928. The molecule has 0 fully saturated rings. The maximum atomic E-state index is 6.08. The Hall–Kier alpha value is -1.92. The third kappa shape index (κ3) is 5.79. The third-order valence-electron chi connectivity index (χ3n) is 4.19. The average molecular weight is 508 g/mol. The van der Waals surface area contributed by atoms with Crippen LogP contribution in [0.2, 0.25) is 5.02 Å². The van der Waals surface area contributed by atoms with E-state index in [0.29, 0.717) is 24.8 Å². The summed E-state index contributed by atoms with van der Waals surface area (Å²) in [4.78, 5) is 0. The fourth-order valence-corrected chi connectivity index (χ4v) is 3.82. The van der Waals surface area contributed by atoms with Gasteiger partial charge in [0.2, 0.25) is 0 Å². The Balaban J connectivity index is 1.74. The molecule has 0 aromatic heterocycles. The number of benzene rings is 3. The van der Waals surface area contributed by atoms with Crippen molar-refractivity contribution >= 4 is 39.9 Å². The molecule has 0 aliphatic carbocycles. The van der Waals surface area contributed by atoms with Crippen molar-refractivity contribution in [2.75, 3.05) is 11.9 Å². The Morgan fingerprint density at radius 3 is 2.46 bits per heavy atom. The van der Waals surface area contributed by atoms with E-state index in [0.717, 1.165) is 31.9 Å². The fourth-order valence-electron chi connectivity index (χ4n) is 2.78. The number of anilines is 1. The Kier molecular flexibility index (Phi) is 7.45. The van der Waals surface area contributed by atoms with Gasteiger partial charge in [-0.05, 0) is 84.0 Å². The molecule has 0 saturated carbocycles. The largest absolute Gasteiger partial charge is 0.490 e. The van der Waals surface area contributed by atoms with Crippen molar-refractivity contribution in [2.45, 2.75) is 27.0 Å². The molecule has 3 rings (SSSR count). The number of halogens is 2. The molecule has 28 heavy (non-hydrogen) atoms. The van der Waals surface area contributed by atoms with Crippen molar-refractivity contribution in [1.29, 1.82) is 0 Å². The van der Waals surface area contributed by atoms with Gasteiger partial charge in [-0.25, -0.2) is 0 Å². The highest BCUT2D eigenvalue weighted by molar-refractivity contribution is 14.1. The Morgan fingerprint density at radius 2 is 1.75 bits per heavy atom. The van der Waals surface area contributed by atoms with Crippen molar-refractivity contribution in [3.05, 3.63) is 85.9 Å². The highest BCUT2D eigenvalue weighted by Gasteiger charge is 2.13. The zero-order chi connectivity index (χ0) is 19.9. The molecule has 5 heteroatoms. The van der Waals surface area contributed by atoms with Gasteiger partial charge in [-0.15, -0.1) is 0 Å². The summed E-state index contributed by atoms with van der Waals surface area (Å²) in [5.41, 5.74) is 4.51. The van der Waals surface area contributed by atoms with Crippen molar-refractivity contribution in [1.82, 2.24) is 0 Å². The second-order valence-corrected chi connectivity index (χ2v) is 8.07. The lowest BCUT2D eigenvalue weighted by molar-refractivity contribution is 0.267. The maximum Gasteiger partial charge on any atom is 0.174 e. The summed E-state index contributed by atoms with van der Waals surface area (Å²) in [6.45, 7) is 5.80. The molecule has 3 aromatic carbocycles. The van der Waals surface area contributed by atoms with Crippen LogP contribution in [0.15, 0.2) is 60.7 Å². The molecule has 1 N–H and O–H groups in total. The van der Waals surface area contributed by atoms with Gasteiger partial charge in [0.05, 0.1) is 10.2 Å². The number of rotatable bonds is 8. The topological polar surface area (TPSA) is 30.5 Å². The predicted molar refractivity (Wildman–Crippen MR) is 125 cm³/mol. The highest BCUT2D eigenvalue weighted by atomic mass is 127. The molecule has 0 unspecified atom stereocenters. The minimum Gasteiger partial charge on any atom is -0.490 e. The zero-order valence-electron chi connectivity index (χ0n) is 16.0. The van der Waals surface area contributed by atoms with E-state index in [2.05, 4.69) is 65.2 Å². The first-order valence-electron chi connectivity index (χ1n) is 9.18. The molecule has 0 aliphatic heterocycles. The lowest BCUT2D eigenvalue weighted by atomic mass is 10.1.